The summed E-state index contributed by atoms with van der Waals surface area (Å²) < 4.78 is 0. The summed E-state index contributed by atoms with van der Waals surface area (Å²) in [4.78, 5) is 8.52. The number of fused-ring (bicyclic) bond motifs is 1. The van der Waals surface area contributed by atoms with Crippen LogP contribution >= 0.6 is 11.6 Å². The van der Waals surface area contributed by atoms with E-state index in [1.54, 1.807) is 0 Å². The standard InChI is InChI=1S/C12H13ClN2/c1-7(2)11-9-5-4-8(3)6-10(9)14-12(13)15-11/h4-7H,1-3H3. The van der Waals surface area contributed by atoms with Crippen molar-refractivity contribution in [1.29, 1.82) is 0 Å². The maximum absolute atomic E-state index is 5.90. The molecule has 2 aromatic rings. The molecule has 0 aliphatic heterocycles. The predicted molar refractivity (Wildman–Crippen MR) is 63.4 cm³/mol. The van der Waals surface area contributed by atoms with Crippen LogP contribution in [-0.4, -0.2) is 9.97 Å². The predicted octanol–water partition coefficient (Wildman–Crippen LogP) is 3.72. The zero-order valence-electron chi connectivity index (χ0n) is 9.08. The van der Waals surface area contributed by atoms with Crippen LogP contribution in [0, 0.1) is 6.92 Å². The Morgan fingerprint density at radius 1 is 1.20 bits per heavy atom. The molecule has 0 fully saturated rings. The number of aromatic nitrogens is 2. The van der Waals surface area contributed by atoms with E-state index >= 15 is 0 Å². The number of aryl methyl sites for hydroxylation is 1. The lowest BCUT2D eigenvalue weighted by atomic mass is 10.0. The van der Waals surface area contributed by atoms with Gasteiger partial charge in [-0.15, -0.1) is 0 Å². The van der Waals surface area contributed by atoms with Crippen LogP contribution in [0.2, 0.25) is 5.28 Å². The molecular weight excluding hydrogens is 208 g/mol. The molecule has 2 rings (SSSR count). The van der Waals surface area contributed by atoms with E-state index in [-0.39, 0.29) is 0 Å². The first-order valence-electron chi connectivity index (χ1n) is 5.01. The Kier molecular flexibility index (Phi) is 2.61. The molecule has 15 heavy (non-hydrogen) atoms. The molecule has 0 amide bonds. The van der Waals surface area contributed by atoms with Crippen molar-refractivity contribution in [3.8, 4) is 0 Å². The highest BCUT2D eigenvalue weighted by molar-refractivity contribution is 6.28. The van der Waals surface area contributed by atoms with E-state index in [0.717, 1.165) is 16.6 Å². The Morgan fingerprint density at radius 2 is 1.93 bits per heavy atom. The minimum Gasteiger partial charge on any atom is -0.222 e. The maximum atomic E-state index is 5.90. The van der Waals surface area contributed by atoms with Gasteiger partial charge in [0.25, 0.3) is 0 Å². The number of hydrogen-bond donors (Lipinski definition) is 0. The van der Waals surface area contributed by atoms with E-state index in [4.69, 9.17) is 11.6 Å². The number of nitrogens with zero attached hydrogens (tertiary/aromatic N) is 2. The van der Waals surface area contributed by atoms with Crippen molar-refractivity contribution in [3.05, 3.63) is 34.7 Å². The SMILES string of the molecule is Cc1ccc2c(C(C)C)nc(Cl)nc2c1. The van der Waals surface area contributed by atoms with Gasteiger partial charge < -0.3 is 0 Å². The average molecular weight is 221 g/mol. The molecule has 0 aliphatic carbocycles. The van der Waals surface area contributed by atoms with E-state index in [1.165, 1.54) is 5.56 Å². The summed E-state index contributed by atoms with van der Waals surface area (Å²) in [7, 11) is 0. The van der Waals surface area contributed by atoms with Gasteiger partial charge in [-0.25, -0.2) is 9.97 Å². The van der Waals surface area contributed by atoms with Crippen LogP contribution in [-0.2, 0) is 0 Å². The lowest BCUT2D eigenvalue weighted by Gasteiger charge is -2.09. The molecule has 0 bridgehead atoms. The summed E-state index contributed by atoms with van der Waals surface area (Å²) in [6.45, 7) is 6.26. The maximum Gasteiger partial charge on any atom is 0.223 e. The largest absolute Gasteiger partial charge is 0.223 e. The molecule has 0 saturated carbocycles. The van der Waals surface area contributed by atoms with Gasteiger partial charge in [-0.1, -0.05) is 26.0 Å². The summed E-state index contributed by atoms with van der Waals surface area (Å²) in [6, 6.07) is 6.18. The molecule has 1 aromatic heterocycles. The summed E-state index contributed by atoms with van der Waals surface area (Å²) >= 11 is 5.90. The van der Waals surface area contributed by atoms with Crippen molar-refractivity contribution in [2.75, 3.05) is 0 Å². The van der Waals surface area contributed by atoms with Gasteiger partial charge in [0.05, 0.1) is 11.2 Å². The van der Waals surface area contributed by atoms with Gasteiger partial charge >= 0.3 is 0 Å². The highest BCUT2D eigenvalue weighted by Gasteiger charge is 2.09. The molecule has 1 heterocycles. The Morgan fingerprint density at radius 3 is 2.60 bits per heavy atom. The first-order chi connectivity index (χ1) is 7.08. The smallest absolute Gasteiger partial charge is 0.222 e. The molecule has 0 unspecified atom stereocenters. The summed E-state index contributed by atoms with van der Waals surface area (Å²) in [5.74, 6) is 0.357. The zero-order chi connectivity index (χ0) is 11.0. The first-order valence-corrected chi connectivity index (χ1v) is 5.39. The number of benzene rings is 1. The highest BCUT2D eigenvalue weighted by atomic mass is 35.5. The van der Waals surface area contributed by atoms with Crippen LogP contribution in [0.25, 0.3) is 10.9 Å². The second-order valence-electron chi connectivity index (χ2n) is 4.05. The molecule has 1 aromatic carbocycles. The second kappa shape index (κ2) is 3.78. The van der Waals surface area contributed by atoms with Crippen LogP contribution in [0.4, 0.5) is 0 Å². The molecule has 0 atom stereocenters. The van der Waals surface area contributed by atoms with E-state index in [9.17, 15) is 0 Å². The van der Waals surface area contributed by atoms with E-state index in [2.05, 4.69) is 35.9 Å². The van der Waals surface area contributed by atoms with Crippen LogP contribution in [0.3, 0.4) is 0 Å². The van der Waals surface area contributed by atoms with E-state index < -0.39 is 0 Å². The minimum atomic E-state index is 0.330. The summed E-state index contributed by atoms with van der Waals surface area (Å²) in [5, 5.41) is 1.43. The normalized spacial score (nSPS) is 11.3. The van der Waals surface area contributed by atoms with Crippen molar-refractivity contribution in [1.82, 2.24) is 9.97 Å². The third-order valence-electron chi connectivity index (χ3n) is 2.40. The van der Waals surface area contributed by atoms with E-state index in [1.807, 2.05) is 13.0 Å². The van der Waals surface area contributed by atoms with Crippen molar-refractivity contribution < 1.29 is 0 Å². The van der Waals surface area contributed by atoms with Crippen LogP contribution in [0.15, 0.2) is 18.2 Å². The summed E-state index contributed by atoms with van der Waals surface area (Å²) in [5.41, 5.74) is 3.13. The fourth-order valence-electron chi connectivity index (χ4n) is 1.67. The fourth-order valence-corrected chi connectivity index (χ4v) is 1.86. The lowest BCUT2D eigenvalue weighted by Crippen LogP contribution is -1.97. The Bertz CT molecular complexity index is 501. The molecule has 3 heteroatoms. The molecule has 0 saturated heterocycles. The van der Waals surface area contributed by atoms with Crippen molar-refractivity contribution in [3.63, 3.8) is 0 Å². The highest BCUT2D eigenvalue weighted by Crippen LogP contribution is 2.24. The molecule has 78 valence electrons. The Hall–Kier alpha value is -1.15. The van der Waals surface area contributed by atoms with Gasteiger partial charge in [0.2, 0.25) is 5.28 Å². The van der Waals surface area contributed by atoms with Crippen molar-refractivity contribution in [2.24, 2.45) is 0 Å². The third kappa shape index (κ3) is 1.95. The van der Waals surface area contributed by atoms with Gasteiger partial charge in [0.15, 0.2) is 0 Å². The average Bonchev–Trinajstić information content (AvgIpc) is 2.15. The second-order valence-corrected chi connectivity index (χ2v) is 4.39. The number of hydrogen-bond acceptors (Lipinski definition) is 2. The van der Waals surface area contributed by atoms with Crippen LogP contribution in [0.1, 0.15) is 31.0 Å². The summed E-state index contributed by atoms with van der Waals surface area (Å²) in [6.07, 6.45) is 0. The fraction of sp³-hybridized carbons (Fsp3) is 0.333. The molecule has 0 aliphatic rings. The van der Waals surface area contributed by atoms with Crippen molar-refractivity contribution >= 4 is 22.5 Å². The molecule has 0 N–H and O–H groups in total. The number of halogens is 1. The Balaban J connectivity index is 2.80. The molecule has 2 nitrogen and oxygen atoms in total. The van der Waals surface area contributed by atoms with Gasteiger partial charge in [0.1, 0.15) is 0 Å². The molecule has 0 radical (unpaired) electrons. The van der Waals surface area contributed by atoms with Gasteiger partial charge in [-0.05, 0) is 36.1 Å². The van der Waals surface area contributed by atoms with E-state index in [0.29, 0.717) is 11.2 Å². The van der Waals surface area contributed by atoms with Gasteiger partial charge in [-0.3, -0.25) is 0 Å². The third-order valence-corrected chi connectivity index (χ3v) is 2.57. The van der Waals surface area contributed by atoms with Gasteiger partial charge in [0, 0.05) is 5.39 Å². The van der Waals surface area contributed by atoms with Crippen molar-refractivity contribution in [2.45, 2.75) is 26.7 Å². The topological polar surface area (TPSA) is 25.8 Å². The van der Waals surface area contributed by atoms with Crippen LogP contribution < -0.4 is 0 Å². The minimum absolute atomic E-state index is 0.330. The number of rotatable bonds is 1. The zero-order valence-corrected chi connectivity index (χ0v) is 9.84. The monoisotopic (exact) mass is 220 g/mol. The molecule has 0 spiro atoms. The quantitative estimate of drug-likeness (QED) is 0.685. The Labute approximate surface area is 94.3 Å². The lowest BCUT2D eigenvalue weighted by molar-refractivity contribution is 0.829. The first kappa shape index (κ1) is 10.4. The molecular formula is C12H13ClN2. The van der Waals surface area contributed by atoms with Gasteiger partial charge in [-0.2, -0.15) is 0 Å². The van der Waals surface area contributed by atoms with Crippen LogP contribution in [0.5, 0.6) is 0 Å².